The van der Waals surface area contributed by atoms with E-state index in [1.54, 1.807) is 7.11 Å². The molecule has 1 saturated carbocycles. The molecule has 2 heteroatoms. The zero-order valence-electron chi connectivity index (χ0n) is 13.7. The highest BCUT2D eigenvalue weighted by Gasteiger charge is 2.41. The Balaban J connectivity index is 1.97. The number of benzene rings is 1. The Morgan fingerprint density at radius 3 is 2.30 bits per heavy atom. The van der Waals surface area contributed by atoms with Gasteiger partial charge in [0.25, 0.3) is 0 Å². The minimum atomic E-state index is 0.426. The fraction of sp³-hybridized carbons (Fsp3) is 0.667. The van der Waals surface area contributed by atoms with Gasteiger partial charge in [-0.15, -0.1) is 0 Å². The summed E-state index contributed by atoms with van der Waals surface area (Å²) in [4.78, 5) is 0. The van der Waals surface area contributed by atoms with Crippen molar-refractivity contribution in [2.24, 2.45) is 5.41 Å². The summed E-state index contributed by atoms with van der Waals surface area (Å²) < 4.78 is 5.23. The van der Waals surface area contributed by atoms with Gasteiger partial charge in [-0.05, 0) is 69.1 Å². The molecule has 112 valence electrons. The van der Waals surface area contributed by atoms with Crippen LogP contribution in [0.25, 0.3) is 0 Å². The molecule has 1 N–H and O–H groups in total. The molecule has 1 aliphatic carbocycles. The van der Waals surface area contributed by atoms with E-state index >= 15 is 0 Å². The van der Waals surface area contributed by atoms with E-state index in [9.17, 15) is 0 Å². The normalized spacial score (nSPS) is 18.1. The number of nitrogens with one attached hydrogen (secondary N) is 1. The topological polar surface area (TPSA) is 21.3 Å². The molecule has 1 atom stereocenters. The molecule has 1 aromatic carbocycles. The van der Waals surface area contributed by atoms with Crippen molar-refractivity contribution < 1.29 is 4.74 Å². The molecule has 0 heterocycles. The molecule has 20 heavy (non-hydrogen) atoms. The molecule has 1 fully saturated rings. The van der Waals surface area contributed by atoms with Gasteiger partial charge in [0.2, 0.25) is 0 Å². The summed E-state index contributed by atoms with van der Waals surface area (Å²) in [5, 5.41) is 3.76. The number of ether oxygens (including phenoxy) is 1. The molecule has 0 amide bonds. The predicted molar refractivity (Wildman–Crippen MR) is 85.2 cm³/mol. The minimum absolute atomic E-state index is 0.426. The van der Waals surface area contributed by atoms with Gasteiger partial charge in [-0.1, -0.05) is 17.7 Å². The second-order valence-electron chi connectivity index (χ2n) is 6.66. The van der Waals surface area contributed by atoms with Crippen LogP contribution in [-0.2, 0) is 4.74 Å². The van der Waals surface area contributed by atoms with Crippen LogP contribution in [0.3, 0.4) is 0 Å². The number of rotatable bonds is 7. The van der Waals surface area contributed by atoms with E-state index in [0.717, 1.165) is 13.2 Å². The van der Waals surface area contributed by atoms with Gasteiger partial charge in [0.05, 0.1) is 0 Å². The Labute approximate surface area is 123 Å². The Kier molecular flexibility index (Phi) is 4.87. The van der Waals surface area contributed by atoms with Gasteiger partial charge in [-0.3, -0.25) is 0 Å². The lowest BCUT2D eigenvalue weighted by Crippen LogP contribution is -2.28. The van der Waals surface area contributed by atoms with Crippen LogP contribution in [0.4, 0.5) is 0 Å². The molecular formula is C18H29NO. The standard InChI is InChI=1S/C18H29NO/c1-13-10-14(2)17(15(3)11-13)16(4)19-12-18(6-7-18)8-9-20-5/h10-11,16,19H,6-9,12H2,1-5H3. The summed E-state index contributed by atoms with van der Waals surface area (Å²) >= 11 is 0. The first kappa shape index (κ1) is 15.5. The lowest BCUT2D eigenvalue weighted by molar-refractivity contribution is 0.170. The van der Waals surface area contributed by atoms with Crippen LogP contribution in [-0.4, -0.2) is 20.3 Å². The lowest BCUT2D eigenvalue weighted by Gasteiger charge is -2.23. The van der Waals surface area contributed by atoms with E-state index in [-0.39, 0.29) is 0 Å². The Morgan fingerprint density at radius 2 is 1.80 bits per heavy atom. The van der Waals surface area contributed by atoms with Crippen LogP contribution >= 0.6 is 0 Å². The highest BCUT2D eigenvalue weighted by molar-refractivity contribution is 5.39. The summed E-state index contributed by atoms with van der Waals surface area (Å²) in [6.45, 7) is 10.9. The van der Waals surface area contributed by atoms with Gasteiger partial charge >= 0.3 is 0 Å². The third-order valence-electron chi connectivity index (χ3n) is 4.75. The Morgan fingerprint density at radius 1 is 1.20 bits per heavy atom. The van der Waals surface area contributed by atoms with E-state index < -0.39 is 0 Å². The molecule has 0 saturated heterocycles. The van der Waals surface area contributed by atoms with E-state index in [0.29, 0.717) is 11.5 Å². The molecule has 1 unspecified atom stereocenters. The predicted octanol–water partition coefficient (Wildman–Crippen LogP) is 4.08. The van der Waals surface area contributed by atoms with E-state index in [1.165, 1.54) is 41.5 Å². The highest BCUT2D eigenvalue weighted by Crippen LogP contribution is 2.48. The van der Waals surface area contributed by atoms with Crippen molar-refractivity contribution in [3.05, 3.63) is 34.4 Å². The largest absolute Gasteiger partial charge is 0.385 e. The highest BCUT2D eigenvalue weighted by atomic mass is 16.5. The fourth-order valence-electron chi connectivity index (χ4n) is 3.36. The number of methoxy groups -OCH3 is 1. The number of aryl methyl sites for hydroxylation is 3. The van der Waals surface area contributed by atoms with Crippen molar-refractivity contribution in [1.82, 2.24) is 5.32 Å². The molecule has 0 bridgehead atoms. The van der Waals surface area contributed by atoms with Crippen molar-refractivity contribution >= 4 is 0 Å². The second kappa shape index (κ2) is 6.28. The van der Waals surface area contributed by atoms with Crippen molar-refractivity contribution in [2.45, 2.75) is 53.0 Å². The first-order valence-corrected chi connectivity index (χ1v) is 7.77. The van der Waals surface area contributed by atoms with E-state index in [2.05, 4.69) is 45.1 Å². The average Bonchev–Trinajstić information content (AvgIpc) is 3.13. The summed E-state index contributed by atoms with van der Waals surface area (Å²) in [5.74, 6) is 0. The summed E-state index contributed by atoms with van der Waals surface area (Å²) in [5.41, 5.74) is 6.15. The molecule has 2 rings (SSSR count). The number of hydrogen-bond donors (Lipinski definition) is 1. The third-order valence-corrected chi connectivity index (χ3v) is 4.75. The SMILES string of the molecule is COCCC1(CNC(C)c2c(C)cc(C)cc2C)CC1. The summed E-state index contributed by atoms with van der Waals surface area (Å²) in [6.07, 6.45) is 3.89. The Hall–Kier alpha value is -0.860. The average molecular weight is 275 g/mol. The maximum absolute atomic E-state index is 5.23. The van der Waals surface area contributed by atoms with Crippen LogP contribution in [0.2, 0.25) is 0 Å². The summed E-state index contributed by atoms with van der Waals surface area (Å²) in [7, 11) is 1.80. The first-order chi connectivity index (χ1) is 9.47. The first-order valence-electron chi connectivity index (χ1n) is 7.77. The molecule has 2 nitrogen and oxygen atoms in total. The molecule has 0 aliphatic heterocycles. The maximum atomic E-state index is 5.23. The summed E-state index contributed by atoms with van der Waals surface area (Å²) in [6, 6.07) is 5.01. The van der Waals surface area contributed by atoms with E-state index in [1.807, 2.05) is 0 Å². The Bertz CT molecular complexity index is 439. The quantitative estimate of drug-likeness (QED) is 0.809. The van der Waals surface area contributed by atoms with E-state index in [4.69, 9.17) is 4.74 Å². The smallest absolute Gasteiger partial charge is 0.0468 e. The lowest BCUT2D eigenvalue weighted by atomic mass is 9.94. The molecule has 1 aromatic rings. The monoisotopic (exact) mass is 275 g/mol. The molecule has 0 aromatic heterocycles. The molecular weight excluding hydrogens is 246 g/mol. The van der Waals surface area contributed by atoms with Crippen molar-refractivity contribution in [2.75, 3.05) is 20.3 Å². The van der Waals surface area contributed by atoms with Crippen molar-refractivity contribution in [3.63, 3.8) is 0 Å². The zero-order chi connectivity index (χ0) is 14.8. The number of hydrogen-bond acceptors (Lipinski definition) is 2. The van der Waals surface area contributed by atoms with Gasteiger partial charge in [0.1, 0.15) is 0 Å². The molecule has 1 aliphatic rings. The van der Waals surface area contributed by atoms with Crippen LogP contribution in [0, 0.1) is 26.2 Å². The van der Waals surface area contributed by atoms with Gasteiger partial charge in [-0.2, -0.15) is 0 Å². The van der Waals surface area contributed by atoms with Crippen LogP contribution in [0.5, 0.6) is 0 Å². The van der Waals surface area contributed by atoms with Gasteiger partial charge in [0.15, 0.2) is 0 Å². The maximum Gasteiger partial charge on any atom is 0.0468 e. The molecule has 0 radical (unpaired) electrons. The van der Waals surface area contributed by atoms with Gasteiger partial charge in [0, 0.05) is 26.3 Å². The second-order valence-corrected chi connectivity index (χ2v) is 6.66. The van der Waals surface area contributed by atoms with Gasteiger partial charge < -0.3 is 10.1 Å². The van der Waals surface area contributed by atoms with Gasteiger partial charge in [-0.25, -0.2) is 0 Å². The van der Waals surface area contributed by atoms with Crippen LogP contribution in [0.15, 0.2) is 12.1 Å². The van der Waals surface area contributed by atoms with Crippen molar-refractivity contribution in [3.8, 4) is 0 Å². The van der Waals surface area contributed by atoms with Crippen LogP contribution < -0.4 is 5.32 Å². The zero-order valence-corrected chi connectivity index (χ0v) is 13.7. The third kappa shape index (κ3) is 3.62. The molecule has 0 spiro atoms. The minimum Gasteiger partial charge on any atom is -0.385 e. The fourth-order valence-corrected chi connectivity index (χ4v) is 3.36. The van der Waals surface area contributed by atoms with Crippen LogP contribution in [0.1, 0.15) is 54.5 Å². The van der Waals surface area contributed by atoms with Crippen molar-refractivity contribution in [1.29, 1.82) is 0 Å².